The predicted molar refractivity (Wildman–Crippen MR) is 67.2 cm³/mol. The van der Waals surface area contributed by atoms with Gasteiger partial charge in [-0.1, -0.05) is 6.92 Å². The number of hydrogen-bond donors (Lipinski definition) is 2. The van der Waals surface area contributed by atoms with E-state index < -0.39 is 0 Å². The van der Waals surface area contributed by atoms with Gasteiger partial charge in [0.25, 0.3) is 0 Å². The van der Waals surface area contributed by atoms with Crippen molar-refractivity contribution in [1.82, 2.24) is 10.3 Å². The molecular weight excluding hydrogens is 200 g/mol. The molecule has 0 aliphatic heterocycles. The number of rotatable bonds is 4. The summed E-state index contributed by atoms with van der Waals surface area (Å²) in [5.74, 6) is 0.471. The van der Waals surface area contributed by atoms with E-state index in [0.29, 0.717) is 18.5 Å². The van der Waals surface area contributed by atoms with Crippen molar-refractivity contribution < 1.29 is 0 Å². The van der Waals surface area contributed by atoms with Crippen molar-refractivity contribution in [3.63, 3.8) is 0 Å². The smallest absolute Gasteiger partial charge is 0.189 e. The Morgan fingerprint density at radius 2 is 2.31 bits per heavy atom. The van der Waals surface area contributed by atoms with Gasteiger partial charge in [0, 0.05) is 12.2 Å². The maximum absolute atomic E-state index is 5.70. The topological polar surface area (TPSA) is 63.3 Å². The summed E-state index contributed by atoms with van der Waals surface area (Å²) in [7, 11) is 0. The molecule has 3 N–H and O–H groups in total. The van der Waals surface area contributed by atoms with Crippen LogP contribution < -0.4 is 11.1 Å². The van der Waals surface area contributed by atoms with Crippen molar-refractivity contribution in [2.24, 2.45) is 10.7 Å². The van der Waals surface area contributed by atoms with Crippen molar-refractivity contribution in [2.75, 3.05) is 0 Å². The van der Waals surface area contributed by atoms with E-state index in [1.54, 1.807) is 0 Å². The third-order valence-corrected chi connectivity index (χ3v) is 2.14. The van der Waals surface area contributed by atoms with E-state index >= 15 is 0 Å². The highest BCUT2D eigenvalue weighted by Crippen LogP contribution is 2.03. The number of aliphatic imine (C=N–C) groups is 1. The minimum atomic E-state index is 0.304. The Kier molecular flexibility index (Phi) is 4.76. The molecule has 0 amide bonds. The van der Waals surface area contributed by atoms with Gasteiger partial charge >= 0.3 is 0 Å². The molecule has 1 aromatic rings. The Balaban J connectivity index is 2.59. The lowest BCUT2D eigenvalue weighted by molar-refractivity contribution is 0.723. The maximum atomic E-state index is 5.70. The van der Waals surface area contributed by atoms with Gasteiger partial charge in [0.2, 0.25) is 0 Å². The predicted octanol–water partition coefficient (Wildman–Crippen LogP) is 1.46. The lowest BCUT2D eigenvalue weighted by Gasteiger charge is -2.08. The van der Waals surface area contributed by atoms with Gasteiger partial charge in [-0.15, -0.1) is 0 Å². The zero-order valence-corrected chi connectivity index (χ0v) is 10.2. The Morgan fingerprint density at radius 1 is 1.56 bits per heavy atom. The standard InChI is InChI=1S/C12H20N4/c1-4-10-5-6-14-11(7-10)8-15-12(13)16-9(2)3/h5-7,9H,4,8H2,1-3H3,(H3,13,15,16). The van der Waals surface area contributed by atoms with E-state index in [4.69, 9.17) is 5.73 Å². The first-order valence-corrected chi connectivity index (χ1v) is 5.62. The fourth-order valence-electron chi connectivity index (χ4n) is 1.34. The summed E-state index contributed by atoms with van der Waals surface area (Å²) in [6, 6.07) is 4.38. The Labute approximate surface area is 97.0 Å². The number of aromatic nitrogens is 1. The number of nitrogens with two attached hydrogens (primary N) is 1. The molecule has 0 saturated carbocycles. The molecule has 0 fully saturated rings. The Bertz CT molecular complexity index is 358. The van der Waals surface area contributed by atoms with Gasteiger partial charge in [0.15, 0.2) is 5.96 Å². The highest BCUT2D eigenvalue weighted by molar-refractivity contribution is 5.77. The molecule has 0 aliphatic rings. The van der Waals surface area contributed by atoms with Gasteiger partial charge in [-0.05, 0) is 38.0 Å². The van der Waals surface area contributed by atoms with Crippen LogP contribution in [0, 0.1) is 0 Å². The number of guanidine groups is 1. The summed E-state index contributed by atoms with van der Waals surface area (Å²) in [5, 5.41) is 3.04. The van der Waals surface area contributed by atoms with Crippen LogP contribution in [0.2, 0.25) is 0 Å². The van der Waals surface area contributed by atoms with Crippen LogP contribution in [0.25, 0.3) is 0 Å². The van der Waals surface area contributed by atoms with Crippen LogP contribution in [0.1, 0.15) is 32.0 Å². The zero-order chi connectivity index (χ0) is 12.0. The summed E-state index contributed by atoms with van der Waals surface area (Å²) in [4.78, 5) is 8.48. The highest BCUT2D eigenvalue weighted by Gasteiger charge is 1.97. The molecule has 88 valence electrons. The van der Waals surface area contributed by atoms with Gasteiger partial charge in [-0.3, -0.25) is 4.98 Å². The third-order valence-electron chi connectivity index (χ3n) is 2.14. The van der Waals surface area contributed by atoms with E-state index in [2.05, 4.69) is 28.3 Å². The molecule has 0 unspecified atom stereocenters. The van der Waals surface area contributed by atoms with Crippen molar-refractivity contribution in [3.8, 4) is 0 Å². The fourth-order valence-corrected chi connectivity index (χ4v) is 1.34. The lowest BCUT2D eigenvalue weighted by Crippen LogP contribution is -2.36. The van der Waals surface area contributed by atoms with Crippen LogP contribution in [0.5, 0.6) is 0 Å². The molecule has 1 rings (SSSR count). The van der Waals surface area contributed by atoms with Crippen LogP contribution in [-0.2, 0) is 13.0 Å². The summed E-state index contributed by atoms with van der Waals surface area (Å²) in [6.07, 6.45) is 2.83. The molecule has 4 nitrogen and oxygen atoms in total. The summed E-state index contributed by atoms with van der Waals surface area (Å²) in [5.41, 5.74) is 7.93. The molecule has 1 heterocycles. The number of nitrogens with zero attached hydrogens (tertiary/aromatic N) is 2. The van der Waals surface area contributed by atoms with E-state index in [1.165, 1.54) is 5.56 Å². The number of nitrogens with one attached hydrogen (secondary N) is 1. The zero-order valence-electron chi connectivity index (χ0n) is 10.2. The summed E-state index contributed by atoms with van der Waals surface area (Å²) < 4.78 is 0. The minimum Gasteiger partial charge on any atom is -0.370 e. The van der Waals surface area contributed by atoms with E-state index in [-0.39, 0.29) is 0 Å². The second kappa shape index (κ2) is 6.10. The van der Waals surface area contributed by atoms with Crippen LogP contribution in [0.15, 0.2) is 23.3 Å². The quantitative estimate of drug-likeness (QED) is 0.596. The van der Waals surface area contributed by atoms with Crippen LogP contribution >= 0.6 is 0 Å². The van der Waals surface area contributed by atoms with Gasteiger partial charge in [-0.2, -0.15) is 0 Å². The second-order valence-electron chi connectivity index (χ2n) is 4.01. The molecule has 0 atom stereocenters. The van der Waals surface area contributed by atoms with Gasteiger partial charge < -0.3 is 11.1 Å². The SMILES string of the molecule is CCc1ccnc(CN=C(N)NC(C)C)c1. The minimum absolute atomic E-state index is 0.304. The molecule has 0 radical (unpaired) electrons. The fraction of sp³-hybridized carbons (Fsp3) is 0.500. The van der Waals surface area contributed by atoms with E-state index in [0.717, 1.165) is 12.1 Å². The van der Waals surface area contributed by atoms with Crippen LogP contribution in [-0.4, -0.2) is 17.0 Å². The first-order valence-electron chi connectivity index (χ1n) is 5.62. The van der Waals surface area contributed by atoms with E-state index in [9.17, 15) is 0 Å². The first kappa shape index (κ1) is 12.5. The first-order chi connectivity index (χ1) is 7.61. The van der Waals surface area contributed by atoms with Crippen molar-refractivity contribution in [3.05, 3.63) is 29.6 Å². The van der Waals surface area contributed by atoms with Crippen molar-refractivity contribution in [2.45, 2.75) is 39.8 Å². The molecule has 0 aliphatic carbocycles. The molecule has 0 spiro atoms. The van der Waals surface area contributed by atoms with Gasteiger partial charge in [0.05, 0.1) is 12.2 Å². The molecule has 0 bridgehead atoms. The van der Waals surface area contributed by atoms with Crippen LogP contribution in [0.3, 0.4) is 0 Å². The number of aryl methyl sites for hydroxylation is 1. The molecular formula is C12H20N4. The third kappa shape index (κ3) is 4.29. The lowest BCUT2D eigenvalue weighted by atomic mass is 10.2. The molecule has 0 aromatic carbocycles. The van der Waals surface area contributed by atoms with E-state index in [1.807, 2.05) is 26.1 Å². The average Bonchev–Trinajstić information content (AvgIpc) is 2.26. The normalized spacial score (nSPS) is 11.9. The molecule has 0 saturated heterocycles. The summed E-state index contributed by atoms with van der Waals surface area (Å²) >= 11 is 0. The number of hydrogen-bond acceptors (Lipinski definition) is 2. The van der Waals surface area contributed by atoms with Crippen molar-refractivity contribution >= 4 is 5.96 Å². The van der Waals surface area contributed by atoms with Crippen molar-refractivity contribution in [1.29, 1.82) is 0 Å². The molecule has 16 heavy (non-hydrogen) atoms. The molecule has 1 aromatic heterocycles. The monoisotopic (exact) mass is 220 g/mol. The Hall–Kier alpha value is -1.58. The summed E-state index contributed by atoms with van der Waals surface area (Å²) in [6.45, 7) is 6.70. The van der Waals surface area contributed by atoms with Gasteiger partial charge in [-0.25, -0.2) is 4.99 Å². The number of pyridine rings is 1. The molecule has 4 heteroatoms. The largest absolute Gasteiger partial charge is 0.370 e. The highest BCUT2D eigenvalue weighted by atomic mass is 15.1. The average molecular weight is 220 g/mol. The Morgan fingerprint density at radius 3 is 2.94 bits per heavy atom. The van der Waals surface area contributed by atoms with Crippen LogP contribution in [0.4, 0.5) is 0 Å². The second-order valence-corrected chi connectivity index (χ2v) is 4.01. The van der Waals surface area contributed by atoms with Gasteiger partial charge in [0.1, 0.15) is 0 Å². The maximum Gasteiger partial charge on any atom is 0.189 e.